The van der Waals surface area contributed by atoms with Crippen LogP contribution in [0.3, 0.4) is 0 Å². The van der Waals surface area contributed by atoms with E-state index in [4.69, 9.17) is 0 Å². The minimum Gasteiger partial charge on any atom is -0.313 e. The molecule has 0 aromatic heterocycles. The molecule has 19 heavy (non-hydrogen) atoms. The van der Waals surface area contributed by atoms with Crippen LogP contribution in [0.15, 0.2) is 24.3 Å². The van der Waals surface area contributed by atoms with Crippen LogP contribution in [-0.2, 0) is 6.54 Å². The van der Waals surface area contributed by atoms with Crippen molar-refractivity contribution >= 4 is 0 Å². The Hall–Kier alpha value is -0.860. The fraction of sp³-hybridized carbons (Fsp3) is 0.647. The third kappa shape index (κ3) is 5.33. The van der Waals surface area contributed by atoms with Gasteiger partial charge in [0.1, 0.15) is 0 Å². The number of hydrogen-bond acceptors (Lipinski definition) is 2. The smallest absolute Gasteiger partial charge is 0.0205 e. The number of nitrogens with one attached hydrogen (secondary N) is 1. The highest BCUT2D eigenvalue weighted by Gasteiger charge is 2.14. The number of aryl methyl sites for hydroxylation is 1. The Bertz CT molecular complexity index is 367. The Morgan fingerprint density at radius 1 is 1.26 bits per heavy atom. The second-order valence-electron chi connectivity index (χ2n) is 6.04. The van der Waals surface area contributed by atoms with Gasteiger partial charge in [-0.05, 0) is 63.8 Å². The van der Waals surface area contributed by atoms with E-state index in [0.717, 1.165) is 19.0 Å². The van der Waals surface area contributed by atoms with E-state index in [2.05, 4.69) is 48.3 Å². The third-order valence-electron chi connectivity index (χ3n) is 4.12. The second-order valence-corrected chi connectivity index (χ2v) is 6.04. The van der Waals surface area contributed by atoms with Crippen LogP contribution < -0.4 is 5.32 Å². The first kappa shape index (κ1) is 14.5. The molecule has 0 unspecified atom stereocenters. The molecular formula is C17H28N2. The van der Waals surface area contributed by atoms with Crippen molar-refractivity contribution in [2.24, 2.45) is 5.92 Å². The molecule has 1 saturated heterocycles. The van der Waals surface area contributed by atoms with Crippen LogP contribution in [0.4, 0.5) is 0 Å². The molecule has 0 spiro atoms. The summed E-state index contributed by atoms with van der Waals surface area (Å²) in [5.74, 6) is 0.940. The number of rotatable bonds is 6. The highest BCUT2D eigenvalue weighted by atomic mass is 15.1. The van der Waals surface area contributed by atoms with Crippen LogP contribution in [0.5, 0.6) is 0 Å². The average Bonchev–Trinajstić information content (AvgIpc) is 2.41. The molecule has 0 bridgehead atoms. The van der Waals surface area contributed by atoms with Crippen molar-refractivity contribution in [1.82, 2.24) is 10.2 Å². The van der Waals surface area contributed by atoms with Gasteiger partial charge >= 0.3 is 0 Å². The lowest BCUT2D eigenvalue weighted by Gasteiger charge is -2.30. The van der Waals surface area contributed by atoms with E-state index in [1.165, 1.54) is 50.0 Å². The van der Waals surface area contributed by atoms with Gasteiger partial charge in [0.2, 0.25) is 0 Å². The highest BCUT2D eigenvalue weighted by Crippen LogP contribution is 2.15. The van der Waals surface area contributed by atoms with E-state index in [1.54, 1.807) is 0 Å². The normalized spacial score (nSPS) is 17.8. The lowest BCUT2D eigenvalue weighted by molar-refractivity contribution is 0.190. The summed E-state index contributed by atoms with van der Waals surface area (Å²) in [7, 11) is 0. The Labute approximate surface area is 118 Å². The summed E-state index contributed by atoms with van der Waals surface area (Å²) in [6.45, 7) is 10.5. The topological polar surface area (TPSA) is 15.3 Å². The van der Waals surface area contributed by atoms with Crippen molar-refractivity contribution in [2.75, 3.05) is 26.2 Å². The molecule has 106 valence electrons. The summed E-state index contributed by atoms with van der Waals surface area (Å²) >= 11 is 0. The zero-order valence-electron chi connectivity index (χ0n) is 12.5. The maximum Gasteiger partial charge on any atom is 0.0205 e. The molecule has 2 heteroatoms. The monoisotopic (exact) mass is 260 g/mol. The van der Waals surface area contributed by atoms with Gasteiger partial charge in [0.25, 0.3) is 0 Å². The molecule has 1 aliphatic heterocycles. The Morgan fingerprint density at radius 2 is 2.05 bits per heavy atom. The molecule has 0 aliphatic carbocycles. The summed E-state index contributed by atoms with van der Waals surface area (Å²) in [5, 5.41) is 3.55. The zero-order chi connectivity index (χ0) is 13.5. The molecule has 1 aromatic carbocycles. The van der Waals surface area contributed by atoms with Gasteiger partial charge in [0, 0.05) is 6.54 Å². The van der Waals surface area contributed by atoms with Gasteiger partial charge in [-0.25, -0.2) is 0 Å². The number of benzene rings is 1. The van der Waals surface area contributed by atoms with E-state index in [1.807, 2.05) is 0 Å². The van der Waals surface area contributed by atoms with Gasteiger partial charge in [0.05, 0.1) is 0 Å². The van der Waals surface area contributed by atoms with E-state index in [0.29, 0.717) is 0 Å². The van der Waals surface area contributed by atoms with Gasteiger partial charge in [-0.15, -0.1) is 0 Å². The number of likely N-dealkylation sites (tertiary alicyclic amines) is 1. The summed E-state index contributed by atoms with van der Waals surface area (Å²) < 4.78 is 0. The molecule has 0 radical (unpaired) electrons. The van der Waals surface area contributed by atoms with Crippen LogP contribution in [0.25, 0.3) is 0 Å². The average molecular weight is 260 g/mol. The quantitative estimate of drug-likeness (QED) is 0.790. The number of piperidine rings is 1. The highest BCUT2D eigenvalue weighted by molar-refractivity contribution is 5.21. The van der Waals surface area contributed by atoms with Crippen molar-refractivity contribution in [3.63, 3.8) is 0 Å². The lowest BCUT2D eigenvalue weighted by Crippen LogP contribution is -2.34. The van der Waals surface area contributed by atoms with Crippen molar-refractivity contribution in [1.29, 1.82) is 0 Å². The molecule has 1 fully saturated rings. The van der Waals surface area contributed by atoms with Gasteiger partial charge < -0.3 is 10.2 Å². The molecule has 2 rings (SSSR count). The molecule has 1 heterocycles. The molecule has 0 atom stereocenters. The second kappa shape index (κ2) is 7.66. The molecule has 0 saturated carbocycles. The SMILES string of the molecule is Cc1cccc(CNCCCN2CCC(C)CC2)c1. The third-order valence-corrected chi connectivity index (χ3v) is 4.12. The van der Waals surface area contributed by atoms with E-state index >= 15 is 0 Å². The molecule has 1 aromatic rings. The molecule has 1 N–H and O–H groups in total. The van der Waals surface area contributed by atoms with Gasteiger partial charge in [-0.2, -0.15) is 0 Å². The van der Waals surface area contributed by atoms with Crippen molar-refractivity contribution in [3.05, 3.63) is 35.4 Å². The fourth-order valence-electron chi connectivity index (χ4n) is 2.77. The lowest BCUT2D eigenvalue weighted by atomic mass is 9.99. The summed E-state index contributed by atoms with van der Waals surface area (Å²) in [5.41, 5.74) is 2.74. The van der Waals surface area contributed by atoms with Gasteiger partial charge in [-0.1, -0.05) is 36.8 Å². The van der Waals surface area contributed by atoms with Crippen molar-refractivity contribution in [3.8, 4) is 0 Å². The van der Waals surface area contributed by atoms with Crippen LogP contribution in [-0.4, -0.2) is 31.1 Å². The van der Waals surface area contributed by atoms with Crippen LogP contribution in [0.1, 0.15) is 37.3 Å². The number of hydrogen-bond donors (Lipinski definition) is 1. The first-order valence-electron chi connectivity index (χ1n) is 7.72. The van der Waals surface area contributed by atoms with Crippen LogP contribution in [0.2, 0.25) is 0 Å². The molecule has 1 aliphatic rings. The standard InChI is InChI=1S/C17H28N2/c1-15-7-11-19(12-8-15)10-4-9-18-14-17-6-3-5-16(2)13-17/h3,5-6,13,15,18H,4,7-12,14H2,1-2H3. The fourth-order valence-corrected chi connectivity index (χ4v) is 2.77. The van der Waals surface area contributed by atoms with E-state index in [9.17, 15) is 0 Å². The Balaban J connectivity index is 1.55. The van der Waals surface area contributed by atoms with E-state index < -0.39 is 0 Å². The summed E-state index contributed by atoms with van der Waals surface area (Å²) in [6.07, 6.45) is 4.04. The minimum absolute atomic E-state index is 0.940. The Morgan fingerprint density at radius 3 is 2.79 bits per heavy atom. The maximum atomic E-state index is 3.55. The molecule has 2 nitrogen and oxygen atoms in total. The van der Waals surface area contributed by atoms with E-state index in [-0.39, 0.29) is 0 Å². The number of nitrogens with zero attached hydrogens (tertiary/aromatic N) is 1. The first-order chi connectivity index (χ1) is 9.24. The predicted molar refractivity (Wildman–Crippen MR) is 82.3 cm³/mol. The Kier molecular flexibility index (Phi) is 5.87. The van der Waals surface area contributed by atoms with Crippen LogP contribution in [0, 0.1) is 12.8 Å². The molecular weight excluding hydrogens is 232 g/mol. The molecule has 0 amide bonds. The summed E-state index contributed by atoms with van der Waals surface area (Å²) in [4.78, 5) is 2.62. The largest absolute Gasteiger partial charge is 0.313 e. The first-order valence-corrected chi connectivity index (χ1v) is 7.72. The van der Waals surface area contributed by atoms with Crippen molar-refractivity contribution < 1.29 is 0 Å². The zero-order valence-corrected chi connectivity index (χ0v) is 12.5. The predicted octanol–water partition coefficient (Wildman–Crippen LogP) is 3.21. The van der Waals surface area contributed by atoms with Crippen LogP contribution >= 0.6 is 0 Å². The van der Waals surface area contributed by atoms with Crippen molar-refractivity contribution in [2.45, 2.75) is 39.7 Å². The summed E-state index contributed by atoms with van der Waals surface area (Å²) in [6, 6.07) is 8.76. The van der Waals surface area contributed by atoms with Gasteiger partial charge in [-0.3, -0.25) is 0 Å². The minimum atomic E-state index is 0.940. The van der Waals surface area contributed by atoms with Gasteiger partial charge in [0.15, 0.2) is 0 Å². The maximum absolute atomic E-state index is 3.55.